The van der Waals surface area contributed by atoms with E-state index >= 15 is 0 Å². The van der Waals surface area contributed by atoms with Crippen LogP contribution in [0.15, 0.2) is 95.8 Å². The first kappa shape index (κ1) is 26.0. The number of carbonyl (C=O) groups is 1. The molecule has 39 heavy (non-hydrogen) atoms. The van der Waals surface area contributed by atoms with Crippen molar-refractivity contribution >= 4 is 17.2 Å². The monoisotopic (exact) mass is 526 g/mol. The van der Waals surface area contributed by atoms with Crippen molar-refractivity contribution in [3.8, 4) is 11.1 Å². The Hall–Kier alpha value is -4.59. The minimum absolute atomic E-state index is 0.0496. The number of pyridine rings is 1. The van der Waals surface area contributed by atoms with Crippen LogP contribution in [0.1, 0.15) is 47.2 Å². The zero-order valence-electron chi connectivity index (χ0n) is 20.9. The molecule has 1 aliphatic rings. The molecule has 0 amide bonds. The van der Waals surface area contributed by atoms with Crippen LogP contribution in [0, 0.1) is 17.5 Å². The highest BCUT2D eigenvalue weighted by molar-refractivity contribution is 5.81. The van der Waals surface area contributed by atoms with Crippen LogP contribution in [-0.2, 0) is 11.2 Å². The molecule has 0 fully saturated rings. The van der Waals surface area contributed by atoms with Crippen molar-refractivity contribution in [2.45, 2.75) is 31.2 Å². The Balaban J connectivity index is 1.50. The fraction of sp³-hybridized carbons (Fsp3) is 0.161. The second kappa shape index (κ2) is 11.0. The minimum Gasteiger partial charge on any atom is -0.399 e. The van der Waals surface area contributed by atoms with E-state index in [1.54, 1.807) is 24.4 Å². The summed E-state index contributed by atoms with van der Waals surface area (Å²) >= 11 is 0. The highest BCUT2D eigenvalue weighted by atomic mass is 19.1. The van der Waals surface area contributed by atoms with E-state index in [9.17, 15) is 18.0 Å². The van der Waals surface area contributed by atoms with Gasteiger partial charge >= 0.3 is 0 Å². The number of carbonyl (C=O) groups excluding carboxylic acids is 1. The van der Waals surface area contributed by atoms with Crippen LogP contribution in [0.5, 0.6) is 0 Å². The molecule has 0 aliphatic carbocycles. The van der Waals surface area contributed by atoms with Crippen molar-refractivity contribution in [1.29, 1.82) is 0 Å². The van der Waals surface area contributed by atoms with Gasteiger partial charge in [0.25, 0.3) is 0 Å². The SMILES string of the molecule is C=C(N)c1cc(-c2cccnc2[C@@H](CC(=O)CC2N=Nc3ccccc32)Cc2cc(F)cc(F)c2)ccc1F. The predicted molar refractivity (Wildman–Crippen MR) is 144 cm³/mol. The van der Waals surface area contributed by atoms with Gasteiger partial charge in [-0.05, 0) is 53.9 Å². The highest BCUT2D eigenvalue weighted by Gasteiger charge is 2.27. The number of hydrogen-bond donors (Lipinski definition) is 1. The number of azo groups is 1. The van der Waals surface area contributed by atoms with Gasteiger partial charge in [-0.1, -0.05) is 36.9 Å². The summed E-state index contributed by atoms with van der Waals surface area (Å²) in [6.45, 7) is 3.64. The Morgan fingerprint density at radius 1 is 0.974 bits per heavy atom. The summed E-state index contributed by atoms with van der Waals surface area (Å²) in [6.07, 6.45) is 1.93. The maximum Gasteiger partial charge on any atom is 0.136 e. The smallest absolute Gasteiger partial charge is 0.136 e. The van der Waals surface area contributed by atoms with Gasteiger partial charge in [0.2, 0.25) is 0 Å². The maximum absolute atomic E-state index is 14.3. The van der Waals surface area contributed by atoms with E-state index in [-0.39, 0.29) is 42.3 Å². The summed E-state index contributed by atoms with van der Waals surface area (Å²) in [5, 5.41) is 8.43. The number of ketones is 1. The van der Waals surface area contributed by atoms with Crippen molar-refractivity contribution in [2.75, 3.05) is 0 Å². The van der Waals surface area contributed by atoms with E-state index < -0.39 is 23.4 Å². The van der Waals surface area contributed by atoms with Crippen molar-refractivity contribution in [3.63, 3.8) is 0 Å². The summed E-state index contributed by atoms with van der Waals surface area (Å²) in [4.78, 5) is 18.0. The Morgan fingerprint density at radius 3 is 2.51 bits per heavy atom. The van der Waals surface area contributed by atoms with Crippen LogP contribution >= 0.6 is 0 Å². The lowest BCUT2D eigenvalue weighted by Crippen LogP contribution is -2.14. The molecule has 4 aromatic rings. The number of halogens is 3. The van der Waals surface area contributed by atoms with Gasteiger partial charge in [0, 0.05) is 53.4 Å². The van der Waals surface area contributed by atoms with Crippen molar-refractivity contribution in [3.05, 3.63) is 125 Å². The topological polar surface area (TPSA) is 80.7 Å². The van der Waals surface area contributed by atoms with Gasteiger partial charge in [-0.25, -0.2) is 13.2 Å². The molecular formula is C31H25F3N4O. The Kier molecular flexibility index (Phi) is 7.36. The van der Waals surface area contributed by atoms with E-state index in [0.29, 0.717) is 22.4 Å². The van der Waals surface area contributed by atoms with Gasteiger partial charge in [-0.2, -0.15) is 10.2 Å². The Morgan fingerprint density at radius 2 is 1.74 bits per heavy atom. The highest BCUT2D eigenvalue weighted by Crippen LogP contribution is 2.39. The zero-order valence-corrected chi connectivity index (χ0v) is 20.9. The Bertz CT molecular complexity index is 1580. The molecular weight excluding hydrogens is 501 g/mol. The first-order chi connectivity index (χ1) is 18.8. The number of nitrogens with two attached hydrogens (primary N) is 1. The number of nitrogens with zero attached hydrogens (tertiary/aromatic N) is 3. The van der Waals surface area contributed by atoms with Gasteiger partial charge in [-0.15, -0.1) is 0 Å². The molecule has 1 aromatic heterocycles. The molecule has 2 N–H and O–H groups in total. The molecule has 0 radical (unpaired) electrons. The third kappa shape index (κ3) is 5.80. The summed E-state index contributed by atoms with van der Waals surface area (Å²) in [7, 11) is 0. The number of aromatic nitrogens is 1. The van der Waals surface area contributed by atoms with Gasteiger partial charge in [0.05, 0.1) is 11.4 Å². The number of fused-ring (bicyclic) bond motifs is 1. The van der Waals surface area contributed by atoms with E-state index in [2.05, 4.69) is 21.8 Å². The molecule has 8 heteroatoms. The number of rotatable bonds is 9. The molecule has 2 atom stereocenters. The third-order valence-electron chi connectivity index (χ3n) is 6.75. The Labute approximate surface area is 223 Å². The molecule has 5 rings (SSSR count). The molecule has 2 heterocycles. The zero-order chi connectivity index (χ0) is 27.5. The van der Waals surface area contributed by atoms with E-state index in [1.165, 1.54) is 18.2 Å². The number of Topliss-reactive ketones (excluding diaryl/α,β-unsaturated/α-hetero) is 1. The van der Waals surface area contributed by atoms with Gasteiger partial charge in [0.15, 0.2) is 0 Å². The first-order valence-corrected chi connectivity index (χ1v) is 12.4. The van der Waals surface area contributed by atoms with Gasteiger partial charge in [0.1, 0.15) is 29.3 Å². The second-order valence-corrected chi connectivity index (χ2v) is 9.57. The fourth-order valence-corrected chi connectivity index (χ4v) is 4.98. The summed E-state index contributed by atoms with van der Waals surface area (Å²) in [6, 6.07) is 18.4. The summed E-state index contributed by atoms with van der Waals surface area (Å²) in [5.41, 5.74) is 9.86. The van der Waals surface area contributed by atoms with Crippen LogP contribution in [0.2, 0.25) is 0 Å². The van der Waals surface area contributed by atoms with E-state index in [1.807, 2.05) is 30.3 Å². The van der Waals surface area contributed by atoms with Crippen LogP contribution in [0.4, 0.5) is 18.9 Å². The van der Waals surface area contributed by atoms with Crippen LogP contribution in [-0.4, -0.2) is 10.8 Å². The van der Waals surface area contributed by atoms with Gasteiger partial charge in [-0.3, -0.25) is 9.78 Å². The fourth-order valence-electron chi connectivity index (χ4n) is 4.98. The molecule has 5 nitrogen and oxygen atoms in total. The second-order valence-electron chi connectivity index (χ2n) is 9.57. The molecule has 1 unspecified atom stereocenters. The van der Waals surface area contributed by atoms with Crippen molar-refractivity contribution < 1.29 is 18.0 Å². The quantitative estimate of drug-likeness (QED) is 0.244. The van der Waals surface area contributed by atoms with Crippen molar-refractivity contribution in [2.24, 2.45) is 16.0 Å². The standard InChI is InChI=1S/C31H25F3N4O/c1-18(35)27-15-20(8-9-28(27)34)25-6-4-10-36-31(25)21(11-19-12-22(32)16-23(33)13-19)14-24(39)17-30-26-5-2-3-7-29(26)37-38-30/h2-10,12-13,15-16,21,30H,1,11,14,17,35H2/t21-,30?/m1/s1. The average molecular weight is 527 g/mol. The lowest BCUT2D eigenvalue weighted by Gasteiger charge is -2.20. The molecule has 0 bridgehead atoms. The molecule has 0 saturated carbocycles. The van der Waals surface area contributed by atoms with Crippen molar-refractivity contribution in [1.82, 2.24) is 4.98 Å². The molecule has 3 aromatic carbocycles. The average Bonchev–Trinajstić information content (AvgIpc) is 3.30. The van der Waals surface area contributed by atoms with Crippen LogP contribution in [0.25, 0.3) is 16.8 Å². The first-order valence-electron chi connectivity index (χ1n) is 12.4. The molecule has 196 valence electrons. The van der Waals surface area contributed by atoms with Crippen LogP contribution in [0.3, 0.4) is 0 Å². The normalized spacial score (nSPS) is 14.7. The van der Waals surface area contributed by atoms with E-state index in [0.717, 1.165) is 17.3 Å². The van der Waals surface area contributed by atoms with Gasteiger partial charge < -0.3 is 5.73 Å². The lowest BCUT2D eigenvalue weighted by molar-refractivity contribution is -0.119. The van der Waals surface area contributed by atoms with Crippen LogP contribution < -0.4 is 5.73 Å². The maximum atomic E-state index is 14.3. The summed E-state index contributed by atoms with van der Waals surface area (Å²) in [5.74, 6) is -2.54. The third-order valence-corrected chi connectivity index (χ3v) is 6.75. The largest absolute Gasteiger partial charge is 0.399 e. The van der Waals surface area contributed by atoms with E-state index in [4.69, 9.17) is 5.73 Å². The summed E-state index contributed by atoms with van der Waals surface area (Å²) < 4.78 is 42.5. The number of benzene rings is 3. The molecule has 0 saturated heterocycles. The number of hydrogen-bond acceptors (Lipinski definition) is 5. The molecule has 0 spiro atoms. The minimum atomic E-state index is -0.705. The lowest BCUT2D eigenvalue weighted by atomic mass is 9.85. The molecule has 1 aliphatic heterocycles. The predicted octanol–water partition coefficient (Wildman–Crippen LogP) is 7.61.